The molecule has 2 aromatic rings. The summed E-state index contributed by atoms with van der Waals surface area (Å²) in [5, 5.41) is 3.84. The minimum atomic E-state index is -3.65. The Kier molecular flexibility index (Phi) is 5.72. The molecule has 9 heteroatoms. The van der Waals surface area contributed by atoms with Crippen LogP contribution in [0.3, 0.4) is 0 Å². The van der Waals surface area contributed by atoms with E-state index in [-0.39, 0.29) is 11.4 Å². The van der Waals surface area contributed by atoms with E-state index in [1.807, 2.05) is 0 Å². The molecule has 0 unspecified atom stereocenters. The number of amides is 1. The first-order chi connectivity index (χ1) is 11.4. The molecule has 0 saturated heterocycles. The molecule has 2 N–H and O–H groups in total. The predicted molar refractivity (Wildman–Crippen MR) is 86.9 cm³/mol. The Morgan fingerprint density at radius 3 is 2.54 bits per heavy atom. The van der Waals surface area contributed by atoms with Crippen LogP contribution in [0.15, 0.2) is 57.1 Å². The van der Waals surface area contributed by atoms with Crippen molar-refractivity contribution in [1.82, 2.24) is 10.1 Å². The monoisotopic (exact) mass is 351 g/mol. The molecule has 0 bridgehead atoms. The van der Waals surface area contributed by atoms with Gasteiger partial charge < -0.3 is 9.15 Å². The number of hydrazone groups is 1. The van der Waals surface area contributed by atoms with Gasteiger partial charge >= 0.3 is 6.09 Å². The van der Waals surface area contributed by atoms with Crippen LogP contribution in [-0.4, -0.2) is 27.3 Å². The Bertz CT molecular complexity index is 811. The summed E-state index contributed by atoms with van der Waals surface area (Å²) in [7, 11) is -2.42. The average molecular weight is 351 g/mol. The Labute approximate surface area is 139 Å². The molecule has 0 aliphatic heterocycles. The summed E-state index contributed by atoms with van der Waals surface area (Å²) >= 11 is 0. The van der Waals surface area contributed by atoms with Crippen molar-refractivity contribution >= 4 is 21.8 Å². The van der Waals surface area contributed by atoms with E-state index in [2.05, 4.69) is 20.0 Å². The lowest BCUT2D eigenvalue weighted by molar-refractivity contribution is 0.171. The Morgan fingerprint density at radius 1 is 1.25 bits per heavy atom. The average Bonchev–Trinajstić information content (AvgIpc) is 3.11. The molecule has 2 rings (SSSR count). The normalized spacial score (nSPS) is 12.0. The van der Waals surface area contributed by atoms with Gasteiger partial charge in [0.25, 0.3) is 0 Å². The number of methoxy groups -OCH3 is 1. The smallest absolute Gasteiger partial charge is 0.427 e. The number of ether oxygens (including phenoxy) is 1. The first-order valence-corrected chi connectivity index (χ1v) is 8.41. The van der Waals surface area contributed by atoms with Crippen LogP contribution >= 0.6 is 0 Å². The van der Waals surface area contributed by atoms with Gasteiger partial charge in [-0.1, -0.05) is 12.1 Å². The maximum atomic E-state index is 12.2. The summed E-state index contributed by atoms with van der Waals surface area (Å²) in [5.74, 6) is 0.520. The highest BCUT2D eigenvalue weighted by atomic mass is 32.2. The van der Waals surface area contributed by atoms with E-state index in [1.165, 1.54) is 25.5 Å². The second kappa shape index (κ2) is 7.75. The van der Waals surface area contributed by atoms with E-state index >= 15 is 0 Å². The van der Waals surface area contributed by atoms with Crippen molar-refractivity contribution in [3.63, 3.8) is 0 Å². The molecule has 0 spiro atoms. The number of nitrogens with zero attached hydrogens (tertiary/aromatic N) is 1. The number of sulfonamides is 1. The molecule has 0 atom stereocenters. The Morgan fingerprint density at radius 2 is 1.96 bits per heavy atom. The molecular weight excluding hydrogens is 334 g/mol. The van der Waals surface area contributed by atoms with Gasteiger partial charge in [0.2, 0.25) is 10.0 Å². The SMILES string of the molecule is COC(=O)N/N=C(\C)c1ccc(S(=O)(=O)NCc2ccco2)cc1. The lowest BCUT2D eigenvalue weighted by Gasteiger charge is -2.07. The van der Waals surface area contributed by atoms with Crippen LogP contribution in [0.2, 0.25) is 0 Å². The minimum absolute atomic E-state index is 0.0701. The lowest BCUT2D eigenvalue weighted by atomic mass is 10.1. The van der Waals surface area contributed by atoms with Crippen molar-refractivity contribution in [3.05, 3.63) is 54.0 Å². The molecule has 0 aliphatic rings. The van der Waals surface area contributed by atoms with Crippen LogP contribution in [0, 0.1) is 0 Å². The zero-order chi connectivity index (χ0) is 17.6. The van der Waals surface area contributed by atoms with Crippen molar-refractivity contribution in [2.24, 2.45) is 5.10 Å². The van der Waals surface area contributed by atoms with E-state index < -0.39 is 16.1 Å². The summed E-state index contributed by atoms with van der Waals surface area (Å²) in [4.78, 5) is 11.1. The van der Waals surface area contributed by atoms with Gasteiger partial charge in [0.1, 0.15) is 5.76 Å². The molecular formula is C15H17N3O5S. The van der Waals surface area contributed by atoms with Gasteiger partial charge in [0.15, 0.2) is 0 Å². The Balaban J connectivity index is 2.06. The van der Waals surface area contributed by atoms with Crippen molar-refractivity contribution in [2.45, 2.75) is 18.4 Å². The fraction of sp³-hybridized carbons (Fsp3) is 0.200. The lowest BCUT2D eigenvalue weighted by Crippen LogP contribution is -2.23. The van der Waals surface area contributed by atoms with Crippen LogP contribution in [0.1, 0.15) is 18.2 Å². The maximum absolute atomic E-state index is 12.2. The fourth-order valence-corrected chi connectivity index (χ4v) is 2.77. The van der Waals surface area contributed by atoms with Gasteiger partial charge in [-0.2, -0.15) is 5.10 Å². The molecule has 8 nitrogen and oxygen atoms in total. The van der Waals surface area contributed by atoms with Crippen LogP contribution in [0.4, 0.5) is 4.79 Å². The molecule has 1 amide bonds. The van der Waals surface area contributed by atoms with Crippen LogP contribution in [0.25, 0.3) is 0 Å². The van der Waals surface area contributed by atoms with E-state index in [1.54, 1.807) is 31.2 Å². The van der Waals surface area contributed by atoms with Gasteiger partial charge in [-0.15, -0.1) is 0 Å². The summed E-state index contributed by atoms with van der Waals surface area (Å²) in [5.41, 5.74) is 3.37. The summed E-state index contributed by atoms with van der Waals surface area (Å²) < 4.78 is 36.3. The quantitative estimate of drug-likeness (QED) is 0.609. The molecule has 1 aromatic carbocycles. The van der Waals surface area contributed by atoms with Gasteiger partial charge in [0, 0.05) is 0 Å². The topological polar surface area (TPSA) is 110 Å². The number of rotatable bonds is 6. The summed E-state index contributed by atoms with van der Waals surface area (Å²) in [6.07, 6.45) is 0.791. The van der Waals surface area contributed by atoms with Gasteiger partial charge in [0.05, 0.1) is 30.5 Å². The molecule has 128 valence electrons. The van der Waals surface area contributed by atoms with E-state index in [0.717, 1.165) is 0 Å². The molecule has 0 radical (unpaired) electrons. The third-order valence-corrected chi connectivity index (χ3v) is 4.52. The third kappa shape index (κ3) is 4.67. The fourth-order valence-electron chi connectivity index (χ4n) is 1.78. The highest BCUT2D eigenvalue weighted by Gasteiger charge is 2.14. The second-order valence-corrected chi connectivity index (χ2v) is 6.50. The second-order valence-electron chi connectivity index (χ2n) is 4.73. The molecule has 0 aliphatic carbocycles. The van der Waals surface area contributed by atoms with Crippen LogP contribution in [-0.2, 0) is 21.3 Å². The van der Waals surface area contributed by atoms with Gasteiger partial charge in [-0.05, 0) is 36.8 Å². The van der Waals surface area contributed by atoms with E-state index in [9.17, 15) is 13.2 Å². The van der Waals surface area contributed by atoms with Crippen molar-refractivity contribution in [3.8, 4) is 0 Å². The zero-order valence-electron chi connectivity index (χ0n) is 13.1. The number of hydrogen-bond acceptors (Lipinski definition) is 6. The first kappa shape index (κ1) is 17.7. The molecule has 0 saturated carbocycles. The highest BCUT2D eigenvalue weighted by Crippen LogP contribution is 2.12. The van der Waals surface area contributed by atoms with Gasteiger partial charge in [-0.25, -0.2) is 23.4 Å². The summed E-state index contributed by atoms with van der Waals surface area (Å²) in [6.45, 7) is 1.75. The number of nitrogens with one attached hydrogen (secondary N) is 2. The largest absolute Gasteiger partial charge is 0.468 e. The highest BCUT2D eigenvalue weighted by molar-refractivity contribution is 7.89. The van der Waals surface area contributed by atoms with E-state index in [4.69, 9.17) is 4.42 Å². The molecule has 1 heterocycles. The molecule has 24 heavy (non-hydrogen) atoms. The number of hydrogen-bond donors (Lipinski definition) is 2. The van der Waals surface area contributed by atoms with Crippen LogP contribution in [0.5, 0.6) is 0 Å². The van der Waals surface area contributed by atoms with Crippen molar-refractivity contribution < 1.29 is 22.4 Å². The summed E-state index contributed by atoms with van der Waals surface area (Å²) in [6, 6.07) is 9.47. The van der Waals surface area contributed by atoms with Gasteiger partial charge in [-0.3, -0.25) is 0 Å². The first-order valence-electron chi connectivity index (χ1n) is 6.93. The van der Waals surface area contributed by atoms with Crippen molar-refractivity contribution in [1.29, 1.82) is 0 Å². The number of carbonyl (C=O) groups excluding carboxylic acids is 1. The third-order valence-electron chi connectivity index (χ3n) is 3.10. The minimum Gasteiger partial charge on any atom is -0.468 e. The maximum Gasteiger partial charge on any atom is 0.427 e. The number of benzene rings is 1. The predicted octanol–water partition coefficient (Wildman–Crippen LogP) is 1.84. The number of carbonyl (C=O) groups is 1. The number of furan rings is 1. The van der Waals surface area contributed by atoms with E-state index in [0.29, 0.717) is 17.0 Å². The standard InChI is InChI=1S/C15H17N3O5S/c1-11(17-18-15(19)22-2)12-5-7-14(8-6-12)24(20,21)16-10-13-4-3-9-23-13/h3-9,16H,10H2,1-2H3,(H,18,19)/b17-11+. The van der Waals surface area contributed by atoms with Crippen molar-refractivity contribution in [2.75, 3.05) is 7.11 Å². The zero-order valence-corrected chi connectivity index (χ0v) is 14.0. The van der Waals surface area contributed by atoms with Crippen LogP contribution < -0.4 is 10.1 Å². The molecule has 1 aromatic heterocycles. The molecule has 0 fully saturated rings. The Hall–Kier alpha value is -2.65.